The van der Waals surface area contributed by atoms with Crippen LogP contribution < -0.4 is 10.2 Å². The maximum atomic E-state index is 13.0. The first-order valence-electron chi connectivity index (χ1n) is 8.90. The second-order valence-corrected chi connectivity index (χ2v) is 6.42. The van der Waals surface area contributed by atoms with Crippen LogP contribution in [-0.4, -0.2) is 49.3 Å². The summed E-state index contributed by atoms with van der Waals surface area (Å²) >= 11 is 0. The summed E-state index contributed by atoms with van der Waals surface area (Å²) in [6.07, 6.45) is 0. The standard InChI is InChI=1S/C21H19NO6/c1-26-20-14(21(25)22-7-9-27-10-8-22)11-17-18(19(20)24)15(23)12-16(28-17)13-5-3-2-4-6-13/h2-6,11-12,24H,7-10H2,1H3. The highest BCUT2D eigenvalue weighted by Gasteiger charge is 2.27. The summed E-state index contributed by atoms with van der Waals surface area (Å²) in [6, 6.07) is 11.9. The van der Waals surface area contributed by atoms with Crippen molar-refractivity contribution in [2.24, 2.45) is 0 Å². The molecule has 4 rings (SSSR count). The largest absolute Gasteiger partial charge is 0.504 e. The maximum absolute atomic E-state index is 13.0. The number of phenols is 1. The number of aromatic hydroxyl groups is 1. The lowest BCUT2D eigenvalue weighted by Crippen LogP contribution is -2.40. The van der Waals surface area contributed by atoms with Gasteiger partial charge in [0.1, 0.15) is 16.7 Å². The molecule has 3 aromatic rings. The van der Waals surface area contributed by atoms with Crippen LogP contribution in [0.3, 0.4) is 0 Å². The van der Waals surface area contributed by atoms with E-state index in [-0.39, 0.29) is 28.2 Å². The first kappa shape index (κ1) is 18.1. The zero-order valence-electron chi connectivity index (χ0n) is 15.3. The molecule has 0 unspecified atom stereocenters. The smallest absolute Gasteiger partial charge is 0.258 e. The molecule has 2 aromatic carbocycles. The van der Waals surface area contributed by atoms with E-state index in [1.807, 2.05) is 30.3 Å². The molecule has 1 aliphatic rings. The monoisotopic (exact) mass is 381 g/mol. The van der Waals surface area contributed by atoms with E-state index in [1.54, 1.807) is 4.90 Å². The number of amides is 1. The van der Waals surface area contributed by atoms with E-state index in [9.17, 15) is 14.7 Å². The molecule has 0 spiro atoms. The normalized spacial score (nSPS) is 14.2. The number of morpholine rings is 1. The minimum Gasteiger partial charge on any atom is -0.504 e. The molecule has 1 N–H and O–H groups in total. The van der Waals surface area contributed by atoms with Crippen molar-refractivity contribution in [1.29, 1.82) is 0 Å². The van der Waals surface area contributed by atoms with E-state index in [4.69, 9.17) is 13.9 Å². The highest BCUT2D eigenvalue weighted by molar-refractivity contribution is 6.03. The Morgan fingerprint density at radius 1 is 1.14 bits per heavy atom. The van der Waals surface area contributed by atoms with E-state index in [0.29, 0.717) is 32.1 Å². The zero-order chi connectivity index (χ0) is 19.7. The number of hydrogen-bond donors (Lipinski definition) is 1. The fraction of sp³-hybridized carbons (Fsp3) is 0.238. The number of benzene rings is 2. The molecule has 0 saturated carbocycles. The van der Waals surface area contributed by atoms with Crippen molar-refractivity contribution in [1.82, 2.24) is 4.90 Å². The SMILES string of the molecule is COc1c(C(=O)N2CCOCC2)cc2oc(-c3ccccc3)cc(=O)c2c1O. The van der Waals surface area contributed by atoms with Crippen LogP contribution in [0, 0.1) is 0 Å². The molecule has 1 saturated heterocycles. The van der Waals surface area contributed by atoms with Crippen LogP contribution in [0.15, 0.2) is 51.7 Å². The summed E-state index contributed by atoms with van der Waals surface area (Å²) < 4.78 is 16.4. The van der Waals surface area contributed by atoms with Crippen molar-refractivity contribution in [2.45, 2.75) is 0 Å². The Balaban J connectivity index is 1.90. The van der Waals surface area contributed by atoms with E-state index >= 15 is 0 Å². The van der Waals surface area contributed by atoms with Gasteiger partial charge in [-0.25, -0.2) is 0 Å². The minimum absolute atomic E-state index is 0.0185. The van der Waals surface area contributed by atoms with Gasteiger partial charge in [-0.15, -0.1) is 0 Å². The number of hydrogen-bond acceptors (Lipinski definition) is 6. The fourth-order valence-electron chi connectivity index (χ4n) is 3.33. The molecule has 0 bridgehead atoms. The highest BCUT2D eigenvalue weighted by atomic mass is 16.5. The van der Waals surface area contributed by atoms with Gasteiger partial charge in [-0.2, -0.15) is 0 Å². The predicted molar refractivity (Wildman–Crippen MR) is 103 cm³/mol. The molecule has 0 atom stereocenters. The number of rotatable bonds is 3. The molecule has 1 fully saturated rings. The quantitative estimate of drug-likeness (QED) is 0.750. The molecule has 144 valence electrons. The molecule has 2 heterocycles. The van der Waals surface area contributed by atoms with Gasteiger partial charge in [0.2, 0.25) is 0 Å². The van der Waals surface area contributed by atoms with Gasteiger partial charge in [-0.1, -0.05) is 30.3 Å². The molecule has 0 aliphatic carbocycles. The molecule has 1 aliphatic heterocycles. The van der Waals surface area contributed by atoms with Crippen molar-refractivity contribution < 1.29 is 23.8 Å². The number of ether oxygens (including phenoxy) is 2. The number of nitrogens with zero attached hydrogens (tertiary/aromatic N) is 1. The second kappa shape index (κ2) is 7.36. The second-order valence-electron chi connectivity index (χ2n) is 6.42. The minimum atomic E-state index is -0.415. The van der Waals surface area contributed by atoms with Gasteiger partial charge < -0.3 is 23.9 Å². The van der Waals surface area contributed by atoms with Crippen LogP contribution in [0.1, 0.15) is 10.4 Å². The molecule has 1 aromatic heterocycles. The van der Waals surface area contributed by atoms with Crippen molar-refractivity contribution in [2.75, 3.05) is 33.4 Å². The van der Waals surface area contributed by atoms with Gasteiger partial charge in [0.15, 0.2) is 16.9 Å². The molecule has 7 heteroatoms. The van der Waals surface area contributed by atoms with E-state index in [2.05, 4.69) is 0 Å². The van der Waals surface area contributed by atoms with Crippen molar-refractivity contribution in [3.05, 3.63) is 58.3 Å². The first-order chi connectivity index (χ1) is 13.6. The summed E-state index contributed by atoms with van der Waals surface area (Å²) in [5.74, 6) is -0.397. The van der Waals surface area contributed by atoms with Crippen LogP contribution in [0.2, 0.25) is 0 Å². The first-order valence-corrected chi connectivity index (χ1v) is 8.90. The third kappa shape index (κ3) is 3.10. The van der Waals surface area contributed by atoms with E-state index in [0.717, 1.165) is 5.56 Å². The van der Waals surface area contributed by atoms with Gasteiger partial charge in [0.05, 0.1) is 25.9 Å². The molecule has 0 radical (unpaired) electrons. The van der Waals surface area contributed by atoms with Gasteiger partial charge in [0, 0.05) is 24.7 Å². The van der Waals surface area contributed by atoms with Crippen LogP contribution in [-0.2, 0) is 4.74 Å². The predicted octanol–water partition coefficient (Wildman–Crippen LogP) is 2.65. The third-order valence-electron chi connectivity index (χ3n) is 4.74. The zero-order valence-corrected chi connectivity index (χ0v) is 15.3. The summed E-state index contributed by atoms with van der Waals surface area (Å²) in [7, 11) is 1.34. The molecule has 28 heavy (non-hydrogen) atoms. The Hall–Kier alpha value is -3.32. The number of carbonyl (C=O) groups excluding carboxylic acids is 1. The Morgan fingerprint density at radius 2 is 1.86 bits per heavy atom. The average Bonchev–Trinajstić information content (AvgIpc) is 2.74. The molecule has 1 amide bonds. The van der Waals surface area contributed by atoms with Crippen LogP contribution >= 0.6 is 0 Å². The van der Waals surface area contributed by atoms with Crippen LogP contribution in [0.5, 0.6) is 11.5 Å². The summed E-state index contributed by atoms with van der Waals surface area (Å²) in [5, 5.41) is 10.6. The van der Waals surface area contributed by atoms with Crippen molar-refractivity contribution >= 4 is 16.9 Å². The molecular formula is C21H19NO6. The maximum Gasteiger partial charge on any atom is 0.258 e. The number of phenolic OH excluding ortho intramolecular Hbond substituents is 1. The van der Waals surface area contributed by atoms with Gasteiger partial charge in [-0.05, 0) is 6.07 Å². The van der Waals surface area contributed by atoms with E-state index < -0.39 is 11.2 Å². The Labute approximate surface area is 160 Å². The van der Waals surface area contributed by atoms with Crippen LogP contribution in [0.4, 0.5) is 0 Å². The Morgan fingerprint density at radius 3 is 2.54 bits per heavy atom. The summed E-state index contributed by atoms with van der Waals surface area (Å²) in [4.78, 5) is 27.2. The summed E-state index contributed by atoms with van der Waals surface area (Å²) in [6.45, 7) is 1.77. The topological polar surface area (TPSA) is 89.2 Å². The van der Waals surface area contributed by atoms with Crippen molar-refractivity contribution in [3.63, 3.8) is 0 Å². The number of methoxy groups -OCH3 is 1. The number of fused-ring (bicyclic) bond motifs is 1. The number of carbonyl (C=O) groups is 1. The van der Waals surface area contributed by atoms with Crippen molar-refractivity contribution in [3.8, 4) is 22.8 Å². The van der Waals surface area contributed by atoms with Crippen LogP contribution in [0.25, 0.3) is 22.3 Å². The Kier molecular flexibility index (Phi) is 4.75. The summed E-state index contributed by atoms with van der Waals surface area (Å²) in [5.41, 5.74) is 0.572. The molecule has 7 nitrogen and oxygen atoms in total. The van der Waals surface area contributed by atoms with Gasteiger partial charge >= 0.3 is 0 Å². The lowest BCUT2D eigenvalue weighted by molar-refractivity contribution is 0.0300. The fourth-order valence-corrected chi connectivity index (χ4v) is 3.33. The third-order valence-corrected chi connectivity index (χ3v) is 4.74. The lowest BCUT2D eigenvalue weighted by Gasteiger charge is -2.27. The molecular weight excluding hydrogens is 362 g/mol. The van der Waals surface area contributed by atoms with Gasteiger partial charge in [0.25, 0.3) is 5.91 Å². The lowest BCUT2D eigenvalue weighted by atomic mass is 10.1. The Bertz CT molecular complexity index is 1080. The highest BCUT2D eigenvalue weighted by Crippen LogP contribution is 2.38. The van der Waals surface area contributed by atoms with E-state index in [1.165, 1.54) is 19.2 Å². The average molecular weight is 381 g/mol. The van der Waals surface area contributed by atoms with Gasteiger partial charge in [-0.3, -0.25) is 9.59 Å².